The number of esters is 1. The molecular weight excluding hydrogens is 238 g/mol. The number of phenolic OH excluding ortho intramolecular Hbond substituents is 1. The van der Waals surface area contributed by atoms with Crippen molar-refractivity contribution in [2.24, 2.45) is 0 Å². The largest absolute Gasteiger partial charge is 0.502 e. The van der Waals surface area contributed by atoms with Gasteiger partial charge in [-0.05, 0) is 23.8 Å². The second kappa shape index (κ2) is 4.87. The summed E-state index contributed by atoms with van der Waals surface area (Å²) in [5.41, 5.74) is 1.01. The molecule has 0 aromatic heterocycles. The Bertz CT molecular complexity index is 484. The van der Waals surface area contributed by atoms with Crippen LogP contribution >= 0.6 is 0 Å². The summed E-state index contributed by atoms with van der Waals surface area (Å²) in [5.74, 6) is 0.0465. The molecule has 0 saturated carbocycles. The van der Waals surface area contributed by atoms with E-state index in [-0.39, 0.29) is 24.0 Å². The summed E-state index contributed by atoms with van der Waals surface area (Å²) < 4.78 is 14.8. The van der Waals surface area contributed by atoms with E-state index in [4.69, 9.17) is 14.2 Å². The minimum absolute atomic E-state index is 0.0795. The molecule has 0 atom stereocenters. The number of carbonyl (C=O) groups is 1. The highest BCUT2D eigenvalue weighted by atomic mass is 16.6. The van der Waals surface area contributed by atoms with Gasteiger partial charge in [-0.1, -0.05) is 0 Å². The molecule has 0 radical (unpaired) electrons. The number of ether oxygens (including phenoxy) is 3. The van der Waals surface area contributed by atoms with Gasteiger partial charge in [0.1, 0.15) is 5.70 Å². The lowest BCUT2D eigenvalue weighted by atomic mass is 10.1. The predicted molar refractivity (Wildman–Crippen MR) is 63.3 cm³/mol. The van der Waals surface area contributed by atoms with Crippen molar-refractivity contribution in [2.75, 3.05) is 21.0 Å². The molecule has 1 aromatic rings. The summed E-state index contributed by atoms with van der Waals surface area (Å²) in [4.78, 5) is 11.3. The quantitative estimate of drug-likeness (QED) is 0.612. The Kier molecular flexibility index (Phi) is 3.27. The Balaban J connectivity index is 2.42. The lowest BCUT2D eigenvalue weighted by Crippen LogP contribution is -2.06. The van der Waals surface area contributed by atoms with Gasteiger partial charge in [-0.15, -0.1) is 0 Å². The smallest absolute Gasteiger partial charge is 0.356 e. The van der Waals surface area contributed by atoms with Crippen molar-refractivity contribution >= 4 is 12.0 Å². The van der Waals surface area contributed by atoms with Crippen molar-refractivity contribution < 1.29 is 24.1 Å². The SMILES string of the molecule is COc1cc(/C=C2\NCOC2=O)cc(OC)c1O. The summed E-state index contributed by atoms with van der Waals surface area (Å²) in [6.07, 6.45) is 1.60. The molecule has 6 nitrogen and oxygen atoms in total. The molecule has 1 fully saturated rings. The molecule has 1 aromatic carbocycles. The van der Waals surface area contributed by atoms with Crippen LogP contribution in [0.2, 0.25) is 0 Å². The molecule has 0 unspecified atom stereocenters. The van der Waals surface area contributed by atoms with Crippen LogP contribution in [0.5, 0.6) is 17.2 Å². The van der Waals surface area contributed by atoms with Gasteiger partial charge in [0, 0.05) is 0 Å². The Morgan fingerprint density at radius 3 is 2.39 bits per heavy atom. The Hall–Kier alpha value is -2.37. The highest BCUT2D eigenvalue weighted by Crippen LogP contribution is 2.37. The van der Waals surface area contributed by atoms with Gasteiger partial charge in [-0.25, -0.2) is 4.79 Å². The van der Waals surface area contributed by atoms with Crippen LogP contribution in [0.15, 0.2) is 17.8 Å². The summed E-state index contributed by atoms with van der Waals surface area (Å²) >= 11 is 0. The minimum Gasteiger partial charge on any atom is -0.502 e. The number of aromatic hydroxyl groups is 1. The van der Waals surface area contributed by atoms with Gasteiger partial charge < -0.3 is 24.6 Å². The molecule has 2 rings (SSSR count). The molecule has 1 saturated heterocycles. The molecule has 18 heavy (non-hydrogen) atoms. The van der Waals surface area contributed by atoms with Gasteiger partial charge in [0.2, 0.25) is 5.75 Å². The second-order valence-corrected chi connectivity index (χ2v) is 3.58. The third-order valence-electron chi connectivity index (χ3n) is 2.50. The topological polar surface area (TPSA) is 77.0 Å². The first-order valence-electron chi connectivity index (χ1n) is 5.23. The van der Waals surface area contributed by atoms with E-state index in [1.54, 1.807) is 18.2 Å². The molecule has 1 aliphatic rings. The van der Waals surface area contributed by atoms with E-state index < -0.39 is 5.97 Å². The van der Waals surface area contributed by atoms with Gasteiger partial charge in [0.05, 0.1) is 14.2 Å². The fourth-order valence-electron chi connectivity index (χ4n) is 1.60. The number of hydrogen-bond acceptors (Lipinski definition) is 6. The van der Waals surface area contributed by atoms with Crippen LogP contribution in [0, 0.1) is 0 Å². The number of benzene rings is 1. The monoisotopic (exact) mass is 251 g/mol. The molecule has 0 bridgehead atoms. The van der Waals surface area contributed by atoms with Crippen LogP contribution in [-0.4, -0.2) is 32.0 Å². The van der Waals surface area contributed by atoms with E-state index >= 15 is 0 Å². The summed E-state index contributed by atoms with van der Waals surface area (Å²) in [5, 5.41) is 12.5. The van der Waals surface area contributed by atoms with E-state index in [0.29, 0.717) is 11.3 Å². The zero-order valence-electron chi connectivity index (χ0n) is 10.0. The Labute approximate surface area is 104 Å². The summed E-state index contributed by atoms with van der Waals surface area (Å²) in [7, 11) is 2.88. The minimum atomic E-state index is -0.416. The highest BCUT2D eigenvalue weighted by molar-refractivity contribution is 5.94. The van der Waals surface area contributed by atoms with Crippen molar-refractivity contribution in [2.45, 2.75) is 0 Å². The molecular formula is C12H13NO5. The average molecular weight is 251 g/mol. The number of nitrogens with one attached hydrogen (secondary N) is 1. The third-order valence-corrected chi connectivity index (χ3v) is 2.50. The van der Waals surface area contributed by atoms with Crippen molar-refractivity contribution in [1.82, 2.24) is 5.32 Å². The number of methoxy groups -OCH3 is 2. The summed E-state index contributed by atoms with van der Waals surface area (Å²) in [6.45, 7) is 0.164. The number of carbonyl (C=O) groups excluding carboxylic acids is 1. The zero-order chi connectivity index (χ0) is 13.1. The molecule has 1 aliphatic heterocycles. The average Bonchev–Trinajstić information content (AvgIpc) is 2.77. The first-order chi connectivity index (χ1) is 8.65. The molecule has 0 aliphatic carbocycles. The normalized spacial score (nSPS) is 16.3. The molecule has 2 N–H and O–H groups in total. The second-order valence-electron chi connectivity index (χ2n) is 3.58. The Morgan fingerprint density at radius 2 is 1.94 bits per heavy atom. The number of phenols is 1. The van der Waals surface area contributed by atoms with E-state index in [9.17, 15) is 9.90 Å². The summed E-state index contributed by atoms with van der Waals surface area (Å²) in [6, 6.07) is 3.19. The molecule has 0 amide bonds. The first-order valence-corrected chi connectivity index (χ1v) is 5.23. The van der Waals surface area contributed by atoms with E-state index in [0.717, 1.165) is 0 Å². The number of cyclic esters (lactones) is 1. The van der Waals surface area contributed by atoms with Gasteiger partial charge >= 0.3 is 5.97 Å². The standard InChI is InChI=1S/C12H13NO5/c1-16-9-4-7(5-10(17-2)11(9)14)3-8-12(15)18-6-13-8/h3-5,13-14H,6H2,1-2H3/b8-3-. The maximum atomic E-state index is 11.3. The lowest BCUT2D eigenvalue weighted by molar-refractivity contribution is -0.135. The van der Waals surface area contributed by atoms with Crippen LogP contribution in [-0.2, 0) is 9.53 Å². The Morgan fingerprint density at radius 1 is 1.33 bits per heavy atom. The van der Waals surface area contributed by atoms with E-state index in [1.807, 2.05) is 0 Å². The molecule has 6 heteroatoms. The van der Waals surface area contributed by atoms with Crippen molar-refractivity contribution in [3.63, 3.8) is 0 Å². The van der Waals surface area contributed by atoms with E-state index in [1.165, 1.54) is 14.2 Å². The fourth-order valence-corrected chi connectivity index (χ4v) is 1.60. The maximum Gasteiger partial charge on any atom is 0.356 e. The van der Waals surface area contributed by atoms with Crippen molar-refractivity contribution in [1.29, 1.82) is 0 Å². The fraction of sp³-hybridized carbons (Fsp3) is 0.250. The number of rotatable bonds is 3. The lowest BCUT2D eigenvalue weighted by Gasteiger charge is -2.09. The number of hydrogen-bond donors (Lipinski definition) is 2. The van der Waals surface area contributed by atoms with Crippen LogP contribution in [0.4, 0.5) is 0 Å². The maximum absolute atomic E-state index is 11.3. The molecule has 1 heterocycles. The predicted octanol–water partition coefficient (Wildman–Crippen LogP) is 0.854. The van der Waals surface area contributed by atoms with Crippen LogP contribution in [0.3, 0.4) is 0 Å². The third kappa shape index (κ3) is 2.17. The van der Waals surface area contributed by atoms with Gasteiger partial charge in [-0.2, -0.15) is 0 Å². The van der Waals surface area contributed by atoms with Gasteiger partial charge in [0.15, 0.2) is 18.2 Å². The van der Waals surface area contributed by atoms with Crippen LogP contribution < -0.4 is 14.8 Å². The van der Waals surface area contributed by atoms with Crippen molar-refractivity contribution in [3.8, 4) is 17.2 Å². The molecule has 96 valence electrons. The van der Waals surface area contributed by atoms with E-state index in [2.05, 4.69) is 5.32 Å². The van der Waals surface area contributed by atoms with Crippen LogP contribution in [0.1, 0.15) is 5.56 Å². The van der Waals surface area contributed by atoms with Crippen LogP contribution in [0.25, 0.3) is 6.08 Å². The highest BCUT2D eigenvalue weighted by Gasteiger charge is 2.18. The van der Waals surface area contributed by atoms with Crippen molar-refractivity contribution in [3.05, 3.63) is 23.4 Å². The zero-order valence-corrected chi connectivity index (χ0v) is 10.0. The van der Waals surface area contributed by atoms with Gasteiger partial charge in [-0.3, -0.25) is 0 Å². The first kappa shape index (κ1) is 12.1. The molecule has 0 spiro atoms. The van der Waals surface area contributed by atoms with Gasteiger partial charge in [0.25, 0.3) is 0 Å².